The summed E-state index contributed by atoms with van der Waals surface area (Å²) in [4.78, 5) is 19.1. The van der Waals surface area contributed by atoms with Crippen LogP contribution in [0.15, 0.2) is 0 Å². The molecule has 0 saturated carbocycles. The maximum Gasteiger partial charge on any atom is 0.438 e. The van der Waals surface area contributed by atoms with Crippen LogP contribution in [-0.4, -0.2) is 24.6 Å². The molecule has 0 aliphatic rings. The third kappa shape index (κ3) is 5.84. The van der Waals surface area contributed by atoms with Crippen molar-refractivity contribution in [1.29, 1.82) is 0 Å². The highest BCUT2D eigenvalue weighted by Gasteiger charge is 1.97. The van der Waals surface area contributed by atoms with Crippen LogP contribution in [0.1, 0.15) is 6.92 Å². The van der Waals surface area contributed by atoms with E-state index in [2.05, 4.69) is 31.0 Å². The number of hydrogen-bond donors (Lipinski definition) is 1. The maximum absolute atomic E-state index is 10.4. The van der Waals surface area contributed by atoms with E-state index in [4.69, 9.17) is 0 Å². The fraction of sp³-hybridized carbons (Fsp3) is 0.800. The van der Waals surface area contributed by atoms with Crippen molar-refractivity contribution in [2.75, 3.05) is 18.5 Å². The molecule has 0 bridgehead atoms. The molecule has 1 N–H and O–H groups in total. The van der Waals surface area contributed by atoms with Crippen molar-refractivity contribution in [2.45, 2.75) is 6.92 Å². The van der Waals surface area contributed by atoms with Gasteiger partial charge in [0.25, 0.3) is 0 Å². The fourth-order valence-corrected chi connectivity index (χ4v) is 0.433. The molecule has 0 spiro atoms. The molecule has 0 radical (unpaired) electrons. The van der Waals surface area contributed by atoms with E-state index < -0.39 is 6.09 Å². The predicted octanol–water partition coefficient (Wildman–Crippen LogP) is 1.06. The Kier molecular flexibility index (Phi) is 6.63. The first-order chi connectivity index (χ1) is 4.81. The van der Waals surface area contributed by atoms with Crippen LogP contribution in [0.5, 0.6) is 0 Å². The van der Waals surface area contributed by atoms with E-state index in [1.165, 1.54) is 0 Å². The Bertz CT molecular complexity index is 98.9. The zero-order valence-electron chi connectivity index (χ0n) is 5.72. The van der Waals surface area contributed by atoms with Crippen LogP contribution >= 0.6 is 15.9 Å². The van der Waals surface area contributed by atoms with E-state index in [9.17, 15) is 4.79 Å². The molecule has 0 fully saturated rings. The SMILES string of the molecule is CCNC(=O)OOCCBr. The number of nitrogens with one attached hydrogen (secondary N) is 1. The normalized spacial score (nSPS) is 9.00. The lowest BCUT2D eigenvalue weighted by Gasteiger charge is -2.00. The summed E-state index contributed by atoms with van der Waals surface area (Å²) in [5.41, 5.74) is 0. The number of carbonyl (C=O) groups is 1. The molecule has 0 aromatic heterocycles. The molecule has 1 amide bonds. The zero-order chi connectivity index (χ0) is 7.82. The molecule has 0 aromatic rings. The number of carbonyl (C=O) groups excluding carboxylic acids is 1. The van der Waals surface area contributed by atoms with E-state index in [1.54, 1.807) is 6.92 Å². The summed E-state index contributed by atoms with van der Waals surface area (Å²) < 4.78 is 0. The lowest BCUT2D eigenvalue weighted by molar-refractivity contribution is -0.233. The first-order valence-electron chi connectivity index (χ1n) is 2.94. The van der Waals surface area contributed by atoms with Crippen LogP contribution in [0.4, 0.5) is 4.79 Å². The highest BCUT2D eigenvalue weighted by Crippen LogP contribution is 1.83. The summed E-state index contributed by atoms with van der Waals surface area (Å²) in [5, 5.41) is 3.05. The molecule has 10 heavy (non-hydrogen) atoms. The van der Waals surface area contributed by atoms with E-state index in [-0.39, 0.29) is 0 Å². The Morgan fingerprint density at radius 1 is 1.70 bits per heavy atom. The van der Waals surface area contributed by atoms with Gasteiger partial charge < -0.3 is 5.32 Å². The highest BCUT2D eigenvalue weighted by atomic mass is 79.9. The predicted molar refractivity (Wildman–Crippen MR) is 39.9 cm³/mol. The molecule has 0 saturated heterocycles. The van der Waals surface area contributed by atoms with Crippen LogP contribution in [0, 0.1) is 0 Å². The van der Waals surface area contributed by atoms with E-state index in [0.717, 1.165) is 0 Å². The minimum atomic E-state index is -0.552. The van der Waals surface area contributed by atoms with Crippen molar-refractivity contribution in [1.82, 2.24) is 5.32 Å². The average molecular weight is 212 g/mol. The third-order valence-electron chi connectivity index (χ3n) is 0.616. The van der Waals surface area contributed by atoms with E-state index in [0.29, 0.717) is 18.5 Å². The molecule has 0 aliphatic carbocycles. The summed E-state index contributed by atoms with van der Waals surface area (Å²) in [6, 6.07) is 0. The largest absolute Gasteiger partial charge is 0.438 e. The van der Waals surface area contributed by atoms with Crippen LogP contribution in [-0.2, 0) is 9.78 Å². The van der Waals surface area contributed by atoms with Crippen molar-refractivity contribution >= 4 is 22.0 Å². The Balaban J connectivity index is 3.05. The van der Waals surface area contributed by atoms with Crippen molar-refractivity contribution in [3.63, 3.8) is 0 Å². The van der Waals surface area contributed by atoms with Crippen molar-refractivity contribution in [3.05, 3.63) is 0 Å². The first-order valence-corrected chi connectivity index (χ1v) is 4.06. The van der Waals surface area contributed by atoms with Gasteiger partial charge in [0.05, 0.1) is 0 Å². The molecule has 0 unspecified atom stereocenters. The minimum absolute atomic E-state index is 0.358. The fourth-order valence-electron chi connectivity index (χ4n) is 0.300. The summed E-state index contributed by atoms with van der Waals surface area (Å²) in [7, 11) is 0. The summed E-state index contributed by atoms with van der Waals surface area (Å²) in [6.07, 6.45) is -0.552. The van der Waals surface area contributed by atoms with Gasteiger partial charge >= 0.3 is 6.09 Å². The lowest BCUT2D eigenvalue weighted by atomic mass is 10.8. The Hall–Kier alpha value is -0.290. The summed E-state index contributed by atoms with van der Waals surface area (Å²) in [6.45, 7) is 2.69. The molecular formula is C5H10BrNO3. The Labute approximate surface area is 67.9 Å². The topological polar surface area (TPSA) is 47.6 Å². The van der Waals surface area contributed by atoms with Crippen LogP contribution in [0.2, 0.25) is 0 Å². The minimum Gasteiger partial charge on any atom is -0.319 e. The molecule has 4 nitrogen and oxygen atoms in total. The molecule has 60 valence electrons. The van der Waals surface area contributed by atoms with Gasteiger partial charge in [0.1, 0.15) is 6.61 Å². The Morgan fingerprint density at radius 3 is 2.90 bits per heavy atom. The standard InChI is InChI=1S/C5H10BrNO3/c1-2-7-5(8)10-9-4-3-6/h2-4H2,1H3,(H,7,8). The number of hydrogen-bond acceptors (Lipinski definition) is 3. The van der Waals surface area contributed by atoms with Crippen molar-refractivity contribution < 1.29 is 14.6 Å². The van der Waals surface area contributed by atoms with Gasteiger partial charge in [0.15, 0.2) is 0 Å². The van der Waals surface area contributed by atoms with Crippen LogP contribution in [0.3, 0.4) is 0 Å². The molecule has 0 heterocycles. The highest BCUT2D eigenvalue weighted by molar-refractivity contribution is 9.09. The molecular weight excluding hydrogens is 202 g/mol. The monoisotopic (exact) mass is 211 g/mol. The second-order valence-corrected chi connectivity index (χ2v) is 2.21. The molecule has 0 aromatic carbocycles. The quantitative estimate of drug-likeness (QED) is 0.328. The molecule has 0 atom stereocenters. The average Bonchev–Trinajstić information content (AvgIpc) is 1.89. The summed E-state index contributed by atoms with van der Waals surface area (Å²) in [5.74, 6) is 0. The van der Waals surface area contributed by atoms with Gasteiger partial charge in [0.2, 0.25) is 0 Å². The third-order valence-corrected chi connectivity index (χ3v) is 0.940. The second kappa shape index (κ2) is 6.82. The smallest absolute Gasteiger partial charge is 0.319 e. The Morgan fingerprint density at radius 2 is 2.40 bits per heavy atom. The van der Waals surface area contributed by atoms with Crippen LogP contribution in [0.25, 0.3) is 0 Å². The van der Waals surface area contributed by atoms with Crippen molar-refractivity contribution in [2.24, 2.45) is 0 Å². The lowest BCUT2D eigenvalue weighted by Crippen LogP contribution is -2.24. The maximum atomic E-state index is 10.4. The van der Waals surface area contributed by atoms with E-state index in [1.807, 2.05) is 0 Å². The number of amides is 1. The van der Waals surface area contributed by atoms with Crippen molar-refractivity contribution in [3.8, 4) is 0 Å². The van der Waals surface area contributed by atoms with Gasteiger partial charge in [-0.05, 0) is 6.92 Å². The van der Waals surface area contributed by atoms with Gasteiger partial charge in [-0.25, -0.2) is 4.79 Å². The first kappa shape index (κ1) is 9.71. The molecule has 0 aliphatic heterocycles. The van der Waals surface area contributed by atoms with Gasteiger partial charge in [-0.1, -0.05) is 15.9 Å². The van der Waals surface area contributed by atoms with Gasteiger partial charge in [0, 0.05) is 11.9 Å². The van der Waals surface area contributed by atoms with E-state index >= 15 is 0 Å². The number of halogens is 1. The number of alkyl halides is 1. The van der Waals surface area contributed by atoms with Gasteiger partial charge in [-0.15, -0.1) is 0 Å². The molecule has 5 heteroatoms. The second-order valence-electron chi connectivity index (χ2n) is 1.41. The molecule has 0 rings (SSSR count). The zero-order valence-corrected chi connectivity index (χ0v) is 7.31. The number of rotatable bonds is 4. The summed E-state index contributed by atoms with van der Waals surface area (Å²) >= 11 is 3.10. The van der Waals surface area contributed by atoms with Gasteiger partial charge in [-0.3, -0.25) is 4.89 Å². The van der Waals surface area contributed by atoms with Gasteiger partial charge in [-0.2, -0.15) is 4.89 Å². The van der Waals surface area contributed by atoms with Crippen LogP contribution < -0.4 is 5.32 Å².